The Morgan fingerprint density at radius 2 is 1.30 bits per heavy atom. The highest BCUT2D eigenvalue weighted by Gasteiger charge is 2.37. The average molecular weight is 653 g/mol. The summed E-state index contributed by atoms with van der Waals surface area (Å²) >= 11 is 0. The lowest BCUT2D eigenvalue weighted by molar-refractivity contribution is -0.302. The minimum atomic E-state index is -0.664. The summed E-state index contributed by atoms with van der Waals surface area (Å²) in [6, 6.07) is 0. The fraction of sp³-hybridized carbons (Fsp3) is 0.921. The third-order valence-electron chi connectivity index (χ3n) is 10.0. The number of aliphatic hydroxyl groups excluding tert-OH is 3. The van der Waals surface area contributed by atoms with E-state index in [1.165, 1.54) is 57.8 Å². The van der Waals surface area contributed by atoms with Crippen molar-refractivity contribution in [1.29, 1.82) is 0 Å². The first-order valence-electron chi connectivity index (χ1n) is 19.0. The molecule has 2 saturated heterocycles. The Kier molecular flexibility index (Phi) is 18.1. The zero-order chi connectivity index (χ0) is 33.4. The fourth-order valence-electron chi connectivity index (χ4n) is 7.46. The molecule has 0 aromatic heterocycles. The molecule has 46 heavy (non-hydrogen) atoms. The SMILES string of the molecule is CCCCCCCCCCCC[C@H](O)[C@H]1CC[C@H]([C@H](O)CCC2CC(CCCCC[C@@H](O)CC3=C[C@H](C)OC3=O)OC(C)(C)O2)O1. The lowest BCUT2D eigenvalue weighted by Gasteiger charge is -2.41. The van der Waals surface area contributed by atoms with Gasteiger partial charge < -0.3 is 34.3 Å². The van der Waals surface area contributed by atoms with Crippen LogP contribution in [0.1, 0.15) is 169 Å². The minimum absolute atomic E-state index is 0.0196. The lowest BCUT2D eigenvalue weighted by atomic mass is 9.96. The van der Waals surface area contributed by atoms with Crippen LogP contribution in [0.25, 0.3) is 0 Å². The summed E-state index contributed by atoms with van der Waals surface area (Å²) in [6.45, 7) is 8.01. The van der Waals surface area contributed by atoms with Gasteiger partial charge in [0, 0.05) is 18.4 Å². The number of aliphatic hydroxyl groups is 3. The van der Waals surface area contributed by atoms with Crippen molar-refractivity contribution >= 4 is 5.97 Å². The highest BCUT2D eigenvalue weighted by Crippen LogP contribution is 2.33. The largest absolute Gasteiger partial charge is 0.455 e. The molecule has 0 aromatic carbocycles. The van der Waals surface area contributed by atoms with Gasteiger partial charge in [-0.2, -0.15) is 0 Å². The van der Waals surface area contributed by atoms with Gasteiger partial charge in [-0.1, -0.05) is 90.4 Å². The molecular formula is C38H68O8. The minimum Gasteiger partial charge on any atom is -0.455 e. The summed E-state index contributed by atoms with van der Waals surface area (Å²) in [5.74, 6) is -0.968. The van der Waals surface area contributed by atoms with E-state index in [0.717, 1.165) is 64.2 Å². The van der Waals surface area contributed by atoms with Crippen molar-refractivity contribution in [2.24, 2.45) is 0 Å². The molecule has 3 N–H and O–H groups in total. The Labute approximate surface area is 280 Å². The molecule has 268 valence electrons. The van der Waals surface area contributed by atoms with Gasteiger partial charge in [-0.25, -0.2) is 4.79 Å². The molecule has 0 radical (unpaired) electrons. The van der Waals surface area contributed by atoms with Crippen molar-refractivity contribution in [3.8, 4) is 0 Å². The summed E-state index contributed by atoms with van der Waals surface area (Å²) in [4.78, 5) is 11.8. The van der Waals surface area contributed by atoms with Gasteiger partial charge >= 0.3 is 5.97 Å². The van der Waals surface area contributed by atoms with E-state index in [-0.39, 0.29) is 36.5 Å². The molecule has 8 atom stereocenters. The lowest BCUT2D eigenvalue weighted by Crippen LogP contribution is -2.45. The predicted molar refractivity (Wildman–Crippen MR) is 181 cm³/mol. The Balaban J connectivity index is 1.25. The molecule has 2 unspecified atom stereocenters. The van der Waals surface area contributed by atoms with Crippen LogP contribution in [0.15, 0.2) is 11.6 Å². The first-order valence-corrected chi connectivity index (χ1v) is 19.0. The number of carbonyl (C=O) groups excluding carboxylic acids is 1. The molecule has 8 nitrogen and oxygen atoms in total. The van der Waals surface area contributed by atoms with Gasteiger partial charge in [0.05, 0.1) is 42.7 Å². The monoisotopic (exact) mass is 652 g/mol. The maximum absolute atomic E-state index is 11.8. The van der Waals surface area contributed by atoms with E-state index < -0.39 is 24.1 Å². The maximum Gasteiger partial charge on any atom is 0.334 e. The summed E-state index contributed by atoms with van der Waals surface area (Å²) < 4.78 is 23.7. The summed E-state index contributed by atoms with van der Waals surface area (Å²) in [5, 5.41) is 32.0. The second-order valence-electron chi connectivity index (χ2n) is 14.9. The smallest absolute Gasteiger partial charge is 0.334 e. The maximum atomic E-state index is 11.8. The van der Waals surface area contributed by atoms with E-state index in [9.17, 15) is 20.1 Å². The zero-order valence-corrected chi connectivity index (χ0v) is 29.6. The van der Waals surface area contributed by atoms with Gasteiger partial charge in [-0.3, -0.25) is 0 Å². The molecule has 0 amide bonds. The number of cyclic esters (lactones) is 1. The second-order valence-corrected chi connectivity index (χ2v) is 14.9. The number of hydrogen-bond donors (Lipinski definition) is 3. The van der Waals surface area contributed by atoms with Gasteiger partial charge in [0.25, 0.3) is 0 Å². The quantitative estimate of drug-likeness (QED) is 0.0714. The van der Waals surface area contributed by atoms with Crippen molar-refractivity contribution in [2.45, 2.75) is 224 Å². The normalized spacial score (nSPS) is 28.2. The molecule has 0 aromatic rings. The Morgan fingerprint density at radius 1 is 0.761 bits per heavy atom. The number of carbonyl (C=O) groups is 1. The van der Waals surface area contributed by atoms with E-state index in [1.54, 1.807) is 6.08 Å². The topological polar surface area (TPSA) is 115 Å². The van der Waals surface area contributed by atoms with E-state index in [0.29, 0.717) is 24.8 Å². The third-order valence-corrected chi connectivity index (χ3v) is 10.0. The van der Waals surface area contributed by atoms with Crippen LogP contribution in [0.3, 0.4) is 0 Å². The van der Waals surface area contributed by atoms with Gasteiger partial charge in [-0.05, 0) is 71.8 Å². The van der Waals surface area contributed by atoms with Crippen LogP contribution in [-0.2, 0) is 23.7 Å². The van der Waals surface area contributed by atoms with E-state index in [1.807, 2.05) is 20.8 Å². The summed E-state index contributed by atoms with van der Waals surface area (Å²) in [7, 11) is 0. The number of unbranched alkanes of at least 4 members (excludes halogenated alkanes) is 11. The van der Waals surface area contributed by atoms with E-state index in [2.05, 4.69) is 6.92 Å². The molecule has 0 aliphatic carbocycles. The number of rotatable bonds is 24. The molecule has 8 heteroatoms. The number of hydrogen-bond acceptors (Lipinski definition) is 8. The highest BCUT2D eigenvalue weighted by molar-refractivity contribution is 5.90. The molecule has 0 spiro atoms. The standard InChI is InChI=1S/C38H68O8/c1-5-6-7-8-9-10-11-12-13-17-20-33(40)35-23-24-36(44-35)34(41)22-21-32-27-31(45-38(3,4)46-32)19-16-14-15-18-30(39)26-29-25-28(2)43-37(29)42/h25,28,30-36,39-41H,5-24,26-27H2,1-4H3/t28-,30+,31?,32?,33-,34+,35+,36+/m0/s1. The van der Waals surface area contributed by atoms with Crippen molar-refractivity contribution in [3.63, 3.8) is 0 Å². The molecule has 0 saturated carbocycles. The van der Waals surface area contributed by atoms with Crippen LogP contribution in [0.4, 0.5) is 0 Å². The van der Waals surface area contributed by atoms with Gasteiger partial charge in [0.1, 0.15) is 6.10 Å². The van der Waals surface area contributed by atoms with Crippen LogP contribution in [0.5, 0.6) is 0 Å². The van der Waals surface area contributed by atoms with Gasteiger partial charge in [-0.15, -0.1) is 0 Å². The Hall–Kier alpha value is -1.03. The van der Waals surface area contributed by atoms with Crippen LogP contribution < -0.4 is 0 Å². The Morgan fingerprint density at radius 3 is 1.91 bits per heavy atom. The Bertz CT molecular complexity index is 875. The number of ether oxygens (including phenoxy) is 4. The van der Waals surface area contributed by atoms with Crippen molar-refractivity contribution < 1.29 is 39.1 Å². The molecule has 3 aliphatic rings. The molecule has 3 aliphatic heterocycles. The highest BCUT2D eigenvalue weighted by atomic mass is 16.7. The molecule has 3 heterocycles. The summed E-state index contributed by atoms with van der Waals surface area (Å²) in [6.07, 6.45) is 22.1. The van der Waals surface area contributed by atoms with E-state index >= 15 is 0 Å². The van der Waals surface area contributed by atoms with Gasteiger partial charge in [0.2, 0.25) is 0 Å². The zero-order valence-electron chi connectivity index (χ0n) is 29.6. The molecular weight excluding hydrogens is 584 g/mol. The van der Waals surface area contributed by atoms with Crippen LogP contribution in [0.2, 0.25) is 0 Å². The first-order chi connectivity index (χ1) is 22.1. The van der Waals surface area contributed by atoms with Crippen LogP contribution in [0, 0.1) is 0 Å². The van der Waals surface area contributed by atoms with Crippen LogP contribution in [-0.4, -0.2) is 75.9 Å². The van der Waals surface area contributed by atoms with Crippen molar-refractivity contribution in [3.05, 3.63) is 11.6 Å². The second kappa shape index (κ2) is 21.1. The van der Waals surface area contributed by atoms with Gasteiger partial charge in [0.15, 0.2) is 5.79 Å². The average Bonchev–Trinajstić information content (AvgIpc) is 3.62. The predicted octanol–water partition coefficient (Wildman–Crippen LogP) is 7.83. The third kappa shape index (κ3) is 15.0. The first kappa shape index (κ1) is 39.4. The van der Waals surface area contributed by atoms with Crippen LogP contribution >= 0.6 is 0 Å². The fourth-order valence-corrected chi connectivity index (χ4v) is 7.46. The van der Waals surface area contributed by atoms with Crippen molar-refractivity contribution in [1.82, 2.24) is 0 Å². The van der Waals surface area contributed by atoms with E-state index in [4.69, 9.17) is 18.9 Å². The number of esters is 1. The molecule has 0 bridgehead atoms. The van der Waals surface area contributed by atoms with Crippen molar-refractivity contribution in [2.75, 3.05) is 0 Å². The molecule has 3 rings (SSSR count). The summed E-state index contributed by atoms with van der Waals surface area (Å²) in [5.41, 5.74) is 0.588. The molecule has 2 fully saturated rings.